The molecule has 0 unspecified atom stereocenters. The van der Waals surface area contributed by atoms with Gasteiger partial charge in [0.15, 0.2) is 6.61 Å². The van der Waals surface area contributed by atoms with Gasteiger partial charge in [0.25, 0.3) is 5.69 Å². The molecule has 0 atom stereocenters. The van der Waals surface area contributed by atoms with Crippen LogP contribution in [0.3, 0.4) is 0 Å². The number of hydrogen-bond donors (Lipinski definition) is 0. The van der Waals surface area contributed by atoms with E-state index in [0.29, 0.717) is 5.56 Å². The van der Waals surface area contributed by atoms with Crippen molar-refractivity contribution < 1.29 is 14.5 Å². The van der Waals surface area contributed by atoms with Gasteiger partial charge in [0.05, 0.1) is 18.6 Å². The van der Waals surface area contributed by atoms with Gasteiger partial charge in [-0.2, -0.15) is 0 Å². The summed E-state index contributed by atoms with van der Waals surface area (Å²) in [4.78, 5) is 22.1. The van der Waals surface area contributed by atoms with Gasteiger partial charge in [-0.3, -0.25) is 14.9 Å². The molecule has 1 heterocycles. The van der Waals surface area contributed by atoms with Gasteiger partial charge in [-0.15, -0.1) is 11.3 Å². The maximum atomic E-state index is 12.0. The van der Waals surface area contributed by atoms with Crippen LogP contribution in [0.1, 0.15) is 10.4 Å². The van der Waals surface area contributed by atoms with Crippen molar-refractivity contribution in [3.63, 3.8) is 0 Å². The summed E-state index contributed by atoms with van der Waals surface area (Å²) in [6.07, 6.45) is 0. The Morgan fingerprint density at radius 2 is 2.10 bits per heavy atom. The minimum atomic E-state index is -0.513. The summed E-state index contributed by atoms with van der Waals surface area (Å²) >= 11 is 7.98. The number of benzene rings is 1. The topological polar surface area (TPSA) is 69.4 Å². The quantitative estimate of drug-likeness (QED) is 0.407. The Hall–Kier alpha value is -1.25. The van der Waals surface area contributed by atoms with Gasteiger partial charge in [0.2, 0.25) is 5.78 Å². The third kappa shape index (κ3) is 3.65. The lowest BCUT2D eigenvalue weighted by molar-refractivity contribution is -0.384. The van der Waals surface area contributed by atoms with Crippen LogP contribution in [-0.4, -0.2) is 17.3 Å². The highest BCUT2D eigenvalue weighted by atomic mass is 79.9. The molecule has 0 bridgehead atoms. The molecular formula is C12H7Br2NO4S. The highest BCUT2D eigenvalue weighted by Crippen LogP contribution is 2.32. The van der Waals surface area contributed by atoms with Crippen LogP contribution >= 0.6 is 43.2 Å². The summed E-state index contributed by atoms with van der Waals surface area (Å²) in [5.41, 5.74) is 0.446. The smallest absolute Gasteiger partial charge is 0.273 e. The first-order chi connectivity index (χ1) is 9.47. The lowest BCUT2D eigenvalue weighted by atomic mass is 10.2. The lowest BCUT2D eigenvalue weighted by Gasteiger charge is -2.04. The standard InChI is InChI=1S/C12H7Br2NO4S/c13-11-5-9(12(14)20-11)10(16)6-19-8-3-1-2-7(4-8)15(17)18/h1-5H,6H2. The number of ether oxygens (including phenoxy) is 1. The number of hydrogen-bond acceptors (Lipinski definition) is 5. The fraction of sp³-hybridized carbons (Fsp3) is 0.0833. The molecule has 1 aromatic carbocycles. The number of carbonyl (C=O) groups excluding carboxylic acids is 1. The first-order valence-corrected chi connectivity index (χ1v) is 7.73. The molecule has 20 heavy (non-hydrogen) atoms. The second kappa shape index (κ2) is 6.47. The number of halogens is 2. The largest absolute Gasteiger partial charge is 0.485 e. The highest BCUT2D eigenvalue weighted by Gasteiger charge is 2.15. The maximum absolute atomic E-state index is 12.0. The van der Waals surface area contributed by atoms with Crippen molar-refractivity contribution in [2.75, 3.05) is 6.61 Å². The molecule has 8 heteroatoms. The Balaban J connectivity index is 2.05. The van der Waals surface area contributed by atoms with Crippen molar-refractivity contribution >= 4 is 54.7 Å². The van der Waals surface area contributed by atoms with Crippen LogP contribution in [-0.2, 0) is 0 Å². The Morgan fingerprint density at radius 1 is 1.35 bits per heavy atom. The van der Waals surface area contributed by atoms with E-state index in [1.165, 1.54) is 29.5 Å². The number of ketones is 1. The number of non-ortho nitro benzene ring substituents is 1. The third-order valence-corrected chi connectivity index (χ3v) is 4.69. The number of carbonyl (C=O) groups is 1. The molecule has 0 fully saturated rings. The van der Waals surface area contributed by atoms with Gasteiger partial charge in [-0.1, -0.05) is 6.07 Å². The first kappa shape index (κ1) is 15.1. The molecule has 0 amide bonds. The number of Topliss-reactive ketones (excluding diaryl/α,β-unsaturated/α-hetero) is 1. The fourth-order valence-corrected chi connectivity index (χ4v) is 4.30. The molecule has 2 rings (SSSR count). The van der Waals surface area contributed by atoms with E-state index >= 15 is 0 Å². The van der Waals surface area contributed by atoms with Crippen molar-refractivity contribution in [3.05, 3.63) is 53.6 Å². The van der Waals surface area contributed by atoms with E-state index in [0.717, 1.165) is 7.57 Å². The van der Waals surface area contributed by atoms with Crippen LogP contribution in [0.25, 0.3) is 0 Å². The van der Waals surface area contributed by atoms with Crippen molar-refractivity contribution in [2.45, 2.75) is 0 Å². The Labute approximate surface area is 135 Å². The van der Waals surface area contributed by atoms with Gasteiger partial charge in [-0.05, 0) is 44.0 Å². The molecule has 0 aliphatic rings. The molecule has 5 nitrogen and oxygen atoms in total. The minimum Gasteiger partial charge on any atom is -0.485 e. The van der Waals surface area contributed by atoms with E-state index in [4.69, 9.17) is 4.74 Å². The van der Waals surface area contributed by atoms with Crippen molar-refractivity contribution in [3.8, 4) is 5.75 Å². The average Bonchev–Trinajstić information content (AvgIpc) is 2.75. The number of nitrogens with zero attached hydrogens (tertiary/aromatic N) is 1. The van der Waals surface area contributed by atoms with Crippen LogP contribution in [0.4, 0.5) is 5.69 Å². The number of nitro groups is 1. The normalized spacial score (nSPS) is 10.3. The monoisotopic (exact) mass is 419 g/mol. The maximum Gasteiger partial charge on any atom is 0.273 e. The van der Waals surface area contributed by atoms with Gasteiger partial charge in [0, 0.05) is 11.6 Å². The van der Waals surface area contributed by atoms with Crippen molar-refractivity contribution in [2.24, 2.45) is 0 Å². The Kier molecular flexibility index (Phi) is 4.90. The molecule has 0 aliphatic heterocycles. The molecule has 0 saturated heterocycles. The van der Waals surface area contributed by atoms with Gasteiger partial charge in [0.1, 0.15) is 5.75 Å². The summed E-state index contributed by atoms with van der Waals surface area (Å²) < 4.78 is 6.85. The summed E-state index contributed by atoms with van der Waals surface area (Å²) in [6.45, 7) is -0.178. The van der Waals surface area contributed by atoms with Crippen LogP contribution in [0, 0.1) is 10.1 Å². The highest BCUT2D eigenvalue weighted by molar-refractivity contribution is 9.12. The Morgan fingerprint density at radius 3 is 2.70 bits per heavy atom. The Bertz CT molecular complexity index is 671. The predicted octanol–water partition coefficient (Wildman–Crippen LogP) is 4.44. The molecule has 0 N–H and O–H groups in total. The average molecular weight is 421 g/mol. The van der Waals surface area contributed by atoms with E-state index in [-0.39, 0.29) is 23.8 Å². The molecule has 0 spiro atoms. The predicted molar refractivity (Wildman–Crippen MR) is 82.6 cm³/mol. The van der Waals surface area contributed by atoms with Crippen molar-refractivity contribution in [1.82, 2.24) is 0 Å². The number of nitro benzene ring substituents is 1. The molecule has 0 radical (unpaired) electrons. The van der Waals surface area contributed by atoms with Crippen LogP contribution in [0.2, 0.25) is 0 Å². The minimum absolute atomic E-state index is 0.0746. The molecule has 1 aromatic heterocycles. The lowest BCUT2D eigenvalue weighted by Crippen LogP contribution is -2.11. The molecule has 0 saturated carbocycles. The summed E-state index contributed by atoms with van der Waals surface area (Å²) in [5, 5.41) is 10.6. The van der Waals surface area contributed by atoms with Gasteiger partial charge < -0.3 is 4.74 Å². The zero-order valence-electron chi connectivity index (χ0n) is 9.84. The van der Waals surface area contributed by atoms with Crippen LogP contribution in [0.15, 0.2) is 37.9 Å². The summed E-state index contributed by atoms with van der Waals surface area (Å²) in [7, 11) is 0. The first-order valence-electron chi connectivity index (χ1n) is 5.32. The van der Waals surface area contributed by atoms with E-state index in [1.807, 2.05) is 0 Å². The van der Waals surface area contributed by atoms with E-state index in [1.54, 1.807) is 12.1 Å². The number of thiophene rings is 1. The molecule has 0 aliphatic carbocycles. The van der Waals surface area contributed by atoms with Gasteiger partial charge in [-0.25, -0.2) is 0 Å². The zero-order valence-corrected chi connectivity index (χ0v) is 13.8. The second-order valence-electron chi connectivity index (χ2n) is 3.70. The summed E-state index contributed by atoms with van der Waals surface area (Å²) in [5.74, 6) is 0.0864. The summed E-state index contributed by atoms with van der Waals surface area (Å²) in [6, 6.07) is 7.43. The molecule has 104 valence electrons. The molecule has 2 aromatic rings. The SMILES string of the molecule is O=C(COc1cccc([N+](=O)[O-])c1)c1cc(Br)sc1Br. The van der Waals surface area contributed by atoms with E-state index in [9.17, 15) is 14.9 Å². The van der Waals surface area contributed by atoms with Crippen LogP contribution < -0.4 is 4.74 Å². The number of rotatable bonds is 5. The van der Waals surface area contributed by atoms with Gasteiger partial charge >= 0.3 is 0 Å². The molecular weight excluding hydrogens is 414 g/mol. The van der Waals surface area contributed by atoms with Crippen molar-refractivity contribution in [1.29, 1.82) is 0 Å². The fourth-order valence-electron chi connectivity index (χ4n) is 1.44. The van der Waals surface area contributed by atoms with E-state index < -0.39 is 4.92 Å². The second-order valence-corrected chi connectivity index (χ2v) is 7.45. The zero-order chi connectivity index (χ0) is 14.7. The van der Waals surface area contributed by atoms with Crippen LogP contribution in [0.5, 0.6) is 5.75 Å². The van der Waals surface area contributed by atoms with E-state index in [2.05, 4.69) is 31.9 Å². The third-order valence-electron chi connectivity index (χ3n) is 2.36.